The Kier molecular flexibility index (Phi) is 1.98. The highest BCUT2D eigenvalue weighted by atomic mass is 16.5. The van der Waals surface area contributed by atoms with Gasteiger partial charge in [0.25, 0.3) is 0 Å². The quantitative estimate of drug-likeness (QED) is 0.699. The zero-order valence-electron chi connectivity index (χ0n) is 7.36. The second-order valence-corrected chi connectivity index (χ2v) is 3.36. The SMILES string of the molecule is NCCC1(O)COc2ccccc21. The molecule has 13 heavy (non-hydrogen) atoms. The van der Waals surface area contributed by atoms with Gasteiger partial charge in [0.05, 0.1) is 0 Å². The largest absolute Gasteiger partial charge is 0.490 e. The lowest BCUT2D eigenvalue weighted by Gasteiger charge is -2.19. The molecule has 0 saturated carbocycles. The molecule has 3 heteroatoms. The molecule has 0 fully saturated rings. The van der Waals surface area contributed by atoms with E-state index < -0.39 is 5.60 Å². The Morgan fingerprint density at radius 2 is 2.23 bits per heavy atom. The van der Waals surface area contributed by atoms with Crippen molar-refractivity contribution in [2.45, 2.75) is 12.0 Å². The van der Waals surface area contributed by atoms with E-state index in [9.17, 15) is 5.11 Å². The van der Waals surface area contributed by atoms with Gasteiger partial charge in [-0.15, -0.1) is 0 Å². The number of para-hydroxylation sites is 1. The summed E-state index contributed by atoms with van der Waals surface area (Å²) in [4.78, 5) is 0. The lowest BCUT2D eigenvalue weighted by atomic mass is 9.93. The zero-order valence-corrected chi connectivity index (χ0v) is 7.36. The van der Waals surface area contributed by atoms with E-state index in [2.05, 4.69) is 0 Å². The Bertz CT molecular complexity index is 310. The minimum Gasteiger partial charge on any atom is -0.490 e. The van der Waals surface area contributed by atoms with E-state index in [1.54, 1.807) is 0 Å². The summed E-state index contributed by atoms with van der Waals surface area (Å²) in [6, 6.07) is 7.55. The predicted octanol–water partition coefficient (Wildman–Crippen LogP) is 0.615. The third-order valence-electron chi connectivity index (χ3n) is 2.41. The average Bonchev–Trinajstić information content (AvgIpc) is 2.46. The van der Waals surface area contributed by atoms with Crippen molar-refractivity contribution in [3.05, 3.63) is 29.8 Å². The number of nitrogens with two attached hydrogens (primary N) is 1. The fraction of sp³-hybridized carbons (Fsp3) is 0.400. The van der Waals surface area contributed by atoms with Crippen molar-refractivity contribution in [3.63, 3.8) is 0 Å². The van der Waals surface area contributed by atoms with E-state index in [1.807, 2.05) is 24.3 Å². The van der Waals surface area contributed by atoms with Gasteiger partial charge in [-0.1, -0.05) is 18.2 Å². The molecule has 3 N–H and O–H groups in total. The number of rotatable bonds is 2. The summed E-state index contributed by atoms with van der Waals surface area (Å²) in [6.07, 6.45) is 0.546. The van der Waals surface area contributed by atoms with Crippen LogP contribution in [0.5, 0.6) is 5.75 Å². The number of aliphatic hydroxyl groups is 1. The van der Waals surface area contributed by atoms with Crippen LogP contribution < -0.4 is 10.5 Å². The van der Waals surface area contributed by atoms with Crippen molar-refractivity contribution in [2.24, 2.45) is 5.73 Å². The maximum atomic E-state index is 10.1. The molecule has 0 spiro atoms. The van der Waals surface area contributed by atoms with Gasteiger partial charge in [-0.25, -0.2) is 0 Å². The van der Waals surface area contributed by atoms with E-state index in [0.29, 0.717) is 19.6 Å². The van der Waals surface area contributed by atoms with E-state index in [1.165, 1.54) is 0 Å². The molecular formula is C10H13NO2. The van der Waals surface area contributed by atoms with E-state index in [-0.39, 0.29) is 0 Å². The van der Waals surface area contributed by atoms with Crippen LogP contribution in [0, 0.1) is 0 Å². The molecule has 1 aromatic rings. The van der Waals surface area contributed by atoms with Crippen LogP contribution in [0.1, 0.15) is 12.0 Å². The van der Waals surface area contributed by atoms with Crippen molar-refractivity contribution < 1.29 is 9.84 Å². The van der Waals surface area contributed by atoms with Crippen LogP contribution in [0.4, 0.5) is 0 Å². The van der Waals surface area contributed by atoms with Gasteiger partial charge >= 0.3 is 0 Å². The Morgan fingerprint density at radius 1 is 1.46 bits per heavy atom. The maximum Gasteiger partial charge on any atom is 0.128 e. The van der Waals surface area contributed by atoms with Crippen LogP contribution >= 0.6 is 0 Å². The fourth-order valence-electron chi connectivity index (χ4n) is 1.70. The Balaban J connectivity index is 2.37. The number of fused-ring (bicyclic) bond motifs is 1. The summed E-state index contributed by atoms with van der Waals surface area (Å²) in [5, 5.41) is 10.1. The monoisotopic (exact) mass is 179 g/mol. The number of ether oxygens (including phenoxy) is 1. The van der Waals surface area contributed by atoms with Crippen molar-refractivity contribution in [2.75, 3.05) is 13.2 Å². The van der Waals surface area contributed by atoms with Gasteiger partial charge in [-0.05, 0) is 19.0 Å². The number of benzene rings is 1. The van der Waals surface area contributed by atoms with E-state index >= 15 is 0 Å². The Labute approximate surface area is 77.1 Å². The summed E-state index contributed by atoms with van der Waals surface area (Å²) in [5.74, 6) is 0.776. The normalized spacial score (nSPS) is 25.4. The van der Waals surface area contributed by atoms with Gasteiger partial charge in [-0.2, -0.15) is 0 Å². The zero-order chi connectivity index (χ0) is 9.31. The van der Waals surface area contributed by atoms with Gasteiger partial charge in [0, 0.05) is 5.56 Å². The summed E-state index contributed by atoms with van der Waals surface area (Å²) in [7, 11) is 0. The molecule has 0 aromatic heterocycles. The summed E-state index contributed by atoms with van der Waals surface area (Å²) in [6.45, 7) is 0.789. The first-order valence-corrected chi connectivity index (χ1v) is 4.41. The molecule has 1 heterocycles. The van der Waals surface area contributed by atoms with Gasteiger partial charge < -0.3 is 15.6 Å². The minimum absolute atomic E-state index is 0.323. The topological polar surface area (TPSA) is 55.5 Å². The third kappa shape index (κ3) is 1.30. The molecular weight excluding hydrogens is 166 g/mol. The van der Waals surface area contributed by atoms with Crippen molar-refractivity contribution in [1.82, 2.24) is 0 Å². The van der Waals surface area contributed by atoms with Gasteiger partial charge in [-0.3, -0.25) is 0 Å². The number of hydrogen-bond donors (Lipinski definition) is 2. The number of hydrogen-bond acceptors (Lipinski definition) is 3. The molecule has 0 amide bonds. The second kappa shape index (κ2) is 3.01. The fourth-order valence-corrected chi connectivity index (χ4v) is 1.70. The maximum absolute atomic E-state index is 10.1. The standard InChI is InChI=1S/C10H13NO2/c11-6-5-10(12)7-13-9-4-2-1-3-8(9)10/h1-4,12H,5-7,11H2. The first kappa shape index (κ1) is 8.53. The lowest BCUT2D eigenvalue weighted by molar-refractivity contribution is 0.0107. The van der Waals surface area contributed by atoms with Gasteiger partial charge in [0.2, 0.25) is 0 Å². The van der Waals surface area contributed by atoms with E-state index in [4.69, 9.17) is 10.5 Å². The molecule has 1 unspecified atom stereocenters. The molecule has 70 valence electrons. The summed E-state index contributed by atoms with van der Waals surface area (Å²) in [5.41, 5.74) is 5.43. The molecule has 0 radical (unpaired) electrons. The van der Waals surface area contributed by atoms with Crippen molar-refractivity contribution in [3.8, 4) is 5.75 Å². The van der Waals surface area contributed by atoms with Crippen LogP contribution in [0.2, 0.25) is 0 Å². The highest BCUT2D eigenvalue weighted by Gasteiger charge is 2.37. The molecule has 0 aliphatic carbocycles. The van der Waals surface area contributed by atoms with Crippen LogP contribution in [-0.4, -0.2) is 18.3 Å². The van der Waals surface area contributed by atoms with Crippen LogP contribution in [0.3, 0.4) is 0 Å². The summed E-state index contributed by atoms with van der Waals surface area (Å²) < 4.78 is 5.36. The minimum atomic E-state index is -0.870. The van der Waals surface area contributed by atoms with Crippen LogP contribution in [0.15, 0.2) is 24.3 Å². The average molecular weight is 179 g/mol. The molecule has 1 aromatic carbocycles. The van der Waals surface area contributed by atoms with E-state index in [0.717, 1.165) is 11.3 Å². The lowest BCUT2D eigenvalue weighted by Crippen LogP contribution is -2.30. The molecule has 0 saturated heterocycles. The molecule has 1 aliphatic rings. The molecule has 3 nitrogen and oxygen atoms in total. The van der Waals surface area contributed by atoms with Crippen molar-refractivity contribution >= 4 is 0 Å². The third-order valence-corrected chi connectivity index (χ3v) is 2.41. The van der Waals surface area contributed by atoms with Crippen molar-refractivity contribution in [1.29, 1.82) is 0 Å². The van der Waals surface area contributed by atoms with Gasteiger partial charge in [0.1, 0.15) is 18.0 Å². The Morgan fingerprint density at radius 3 is 3.00 bits per heavy atom. The Hall–Kier alpha value is -1.06. The van der Waals surface area contributed by atoms with Crippen LogP contribution in [0.25, 0.3) is 0 Å². The first-order valence-electron chi connectivity index (χ1n) is 4.41. The van der Waals surface area contributed by atoms with Crippen LogP contribution in [-0.2, 0) is 5.60 Å². The molecule has 1 atom stereocenters. The molecule has 1 aliphatic heterocycles. The highest BCUT2D eigenvalue weighted by molar-refractivity contribution is 5.41. The summed E-state index contributed by atoms with van der Waals surface area (Å²) >= 11 is 0. The highest BCUT2D eigenvalue weighted by Crippen LogP contribution is 2.38. The molecule has 2 rings (SSSR count). The van der Waals surface area contributed by atoms with Gasteiger partial charge in [0.15, 0.2) is 0 Å². The predicted molar refractivity (Wildman–Crippen MR) is 49.5 cm³/mol. The molecule has 0 bridgehead atoms. The second-order valence-electron chi connectivity index (χ2n) is 3.36. The smallest absolute Gasteiger partial charge is 0.128 e. The first-order chi connectivity index (χ1) is 6.26.